The molecule has 13 heteroatoms. The molecule has 4 rings (SSSR count). The molecular weight excluding hydrogens is 577 g/mol. The molecule has 0 saturated carbocycles. The molecule has 194 valence electrons. The number of hydrogen-bond donors (Lipinski definition) is 1. The number of thioether (sulfide) groups is 1. The molecule has 0 spiro atoms. The minimum Gasteiger partial charge on any atom is -0.493 e. The van der Waals surface area contributed by atoms with E-state index >= 15 is 0 Å². The lowest BCUT2D eigenvalue weighted by atomic mass is 9.98. The van der Waals surface area contributed by atoms with Crippen LogP contribution in [0.5, 0.6) is 11.5 Å². The Kier molecular flexibility index (Phi) is 7.93. The summed E-state index contributed by atoms with van der Waals surface area (Å²) in [6.45, 7) is 0. The lowest BCUT2D eigenvalue weighted by molar-refractivity contribution is -0.141. The molecule has 2 aromatic carbocycles. The summed E-state index contributed by atoms with van der Waals surface area (Å²) >= 11 is 4.09. The second-order valence-electron chi connectivity index (χ2n) is 7.85. The number of nitrogens with zero attached hydrogens (tertiary/aromatic N) is 3. The Morgan fingerprint density at radius 3 is 2.49 bits per heavy atom. The Balaban J connectivity index is 1.63. The first-order valence-electron chi connectivity index (χ1n) is 10.8. The maximum atomic E-state index is 13.3. The van der Waals surface area contributed by atoms with Gasteiger partial charge in [0, 0.05) is 17.0 Å². The molecule has 0 fully saturated rings. The number of H-pyrrole nitrogens is 1. The zero-order valence-corrected chi connectivity index (χ0v) is 21.9. The summed E-state index contributed by atoms with van der Waals surface area (Å²) in [4.78, 5) is 30.6. The number of hydrogen-bond acceptors (Lipinski definition) is 7. The van der Waals surface area contributed by atoms with Crippen LogP contribution in [0, 0.1) is 0 Å². The number of aromatic amines is 1. The maximum absolute atomic E-state index is 13.3. The summed E-state index contributed by atoms with van der Waals surface area (Å²) in [5.41, 5.74) is -0.0717. The molecule has 1 atom stereocenters. The number of halogens is 4. The third-order valence-electron chi connectivity index (χ3n) is 5.48. The fraction of sp³-hybridized carbons (Fsp3) is 0.250. The summed E-state index contributed by atoms with van der Waals surface area (Å²) in [5.74, 6) is 0.221. The first-order valence-corrected chi connectivity index (χ1v) is 12.6. The van der Waals surface area contributed by atoms with Crippen molar-refractivity contribution in [1.82, 2.24) is 15.0 Å². The Hall–Kier alpha value is -3.32. The minimum absolute atomic E-state index is 0.300. The van der Waals surface area contributed by atoms with Gasteiger partial charge in [-0.25, -0.2) is 9.99 Å². The lowest BCUT2D eigenvalue weighted by Crippen LogP contribution is -2.29. The Labute approximate surface area is 222 Å². The van der Waals surface area contributed by atoms with Gasteiger partial charge >= 0.3 is 6.18 Å². The average molecular weight is 597 g/mol. The minimum atomic E-state index is -4.79. The number of hydrazone groups is 1. The van der Waals surface area contributed by atoms with Gasteiger partial charge in [0.25, 0.3) is 11.5 Å². The SMILES string of the molecule is COc1ccc(C2CC(c3ccc(Br)cc3)=NN2C(=O)CSc2nc(C(F)(F)F)cc(=O)[nH]2)cc1OC. The predicted octanol–water partition coefficient (Wildman–Crippen LogP) is 5.04. The van der Waals surface area contributed by atoms with Gasteiger partial charge in [0.2, 0.25) is 0 Å². The van der Waals surface area contributed by atoms with Crippen LogP contribution in [0.25, 0.3) is 0 Å². The van der Waals surface area contributed by atoms with Gasteiger partial charge in [-0.3, -0.25) is 9.59 Å². The van der Waals surface area contributed by atoms with E-state index < -0.39 is 29.4 Å². The molecule has 1 aliphatic rings. The summed E-state index contributed by atoms with van der Waals surface area (Å²) in [6, 6.07) is 12.6. The molecule has 37 heavy (non-hydrogen) atoms. The Morgan fingerprint density at radius 1 is 1.14 bits per heavy atom. The van der Waals surface area contributed by atoms with Crippen LogP contribution in [0.3, 0.4) is 0 Å². The molecule has 2 heterocycles. The largest absolute Gasteiger partial charge is 0.493 e. The third-order valence-corrected chi connectivity index (χ3v) is 6.87. The number of alkyl halides is 3. The number of ether oxygens (including phenoxy) is 2. The second kappa shape index (κ2) is 11.0. The molecule has 8 nitrogen and oxygen atoms in total. The fourth-order valence-corrected chi connectivity index (χ4v) is 4.71. The van der Waals surface area contributed by atoms with Gasteiger partial charge in [0.15, 0.2) is 22.3 Å². The van der Waals surface area contributed by atoms with Gasteiger partial charge in [0.1, 0.15) is 0 Å². The van der Waals surface area contributed by atoms with Gasteiger partial charge in [-0.2, -0.15) is 18.3 Å². The van der Waals surface area contributed by atoms with Crippen molar-refractivity contribution >= 4 is 39.3 Å². The highest BCUT2D eigenvalue weighted by Gasteiger charge is 2.35. The van der Waals surface area contributed by atoms with Gasteiger partial charge < -0.3 is 14.5 Å². The van der Waals surface area contributed by atoms with E-state index in [1.807, 2.05) is 24.3 Å². The first kappa shape index (κ1) is 26.7. The highest BCUT2D eigenvalue weighted by molar-refractivity contribution is 9.10. The second-order valence-corrected chi connectivity index (χ2v) is 9.73. The summed E-state index contributed by atoms with van der Waals surface area (Å²) < 4.78 is 50.7. The normalized spacial score (nSPS) is 15.5. The molecule has 0 radical (unpaired) electrons. The number of nitrogens with one attached hydrogen (secondary N) is 1. The average Bonchev–Trinajstić information content (AvgIpc) is 3.32. The van der Waals surface area contributed by atoms with Crippen LogP contribution in [0.4, 0.5) is 13.2 Å². The Morgan fingerprint density at radius 2 is 1.84 bits per heavy atom. The molecule has 1 aliphatic heterocycles. The summed E-state index contributed by atoms with van der Waals surface area (Å²) in [7, 11) is 3.02. The standard InChI is InChI=1S/C24H20BrF3N4O4S/c1-35-18-8-5-14(9-19(18)36-2)17-10-16(13-3-6-15(25)7-4-13)31-32(17)22(34)12-37-23-29-20(24(26,27)28)11-21(33)30-23/h3-9,11,17H,10,12H2,1-2H3,(H,29,30,33). The molecular formula is C24H20BrF3N4O4S. The first-order chi connectivity index (χ1) is 17.6. The van der Waals surface area contributed by atoms with Crippen LogP contribution < -0.4 is 15.0 Å². The zero-order chi connectivity index (χ0) is 26.7. The van der Waals surface area contributed by atoms with Crippen molar-refractivity contribution in [2.75, 3.05) is 20.0 Å². The van der Waals surface area contributed by atoms with Crippen LogP contribution in [-0.4, -0.2) is 46.6 Å². The maximum Gasteiger partial charge on any atom is 0.433 e. The third kappa shape index (κ3) is 6.16. The molecule has 1 unspecified atom stereocenters. The monoisotopic (exact) mass is 596 g/mol. The van der Waals surface area contributed by atoms with Crippen LogP contribution in [0.2, 0.25) is 0 Å². The van der Waals surface area contributed by atoms with Crippen molar-refractivity contribution in [2.45, 2.75) is 23.8 Å². The van der Waals surface area contributed by atoms with E-state index in [0.29, 0.717) is 41.5 Å². The van der Waals surface area contributed by atoms with E-state index in [2.05, 4.69) is 31.0 Å². The van der Waals surface area contributed by atoms with Crippen LogP contribution >= 0.6 is 27.7 Å². The van der Waals surface area contributed by atoms with E-state index in [9.17, 15) is 22.8 Å². The smallest absolute Gasteiger partial charge is 0.433 e. The van der Waals surface area contributed by atoms with Crippen molar-refractivity contribution in [1.29, 1.82) is 0 Å². The summed E-state index contributed by atoms with van der Waals surface area (Å²) in [6.07, 6.45) is -4.39. The molecule has 0 aliphatic carbocycles. The quantitative estimate of drug-likeness (QED) is 0.303. The molecule has 0 saturated heterocycles. The molecule has 1 N–H and O–H groups in total. The van der Waals surface area contributed by atoms with Crippen molar-refractivity contribution in [2.24, 2.45) is 5.10 Å². The number of methoxy groups -OCH3 is 2. The van der Waals surface area contributed by atoms with Gasteiger partial charge in [-0.15, -0.1) is 0 Å². The van der Waals surface area contributed by atoms with Crippen molar-refractivity contribution in [3.63, 3.8) is 0 Å². The van der Waals surface area contributed by atoms with E-state index in [1.54, 1.807) is 18.2 Å². The van der Waals surface area contributed by atoms with Crippen LogP contribution in [0.15, 0.2) is 68.1 Å². The predicted molar refractivity (Wildman–Crippen MR) is 135 cm³/mol. The zero-order valence-electron chi connectivity index (χ0n) is 19.5. The number of benzene rings is 2. The number of carbonyl (C=O) groups excluding carboxylic acids is 1. The van der Waals surface area contributed by atoms with E-state index in [0.717, 1.165) is 15.6 Å². The lowest BCUT2D eigenvalue weighted by Gasteiger charge is -2.22. The van der Waals surface area contributed by atoms with Crippen molar-refractivity contribution in [3.8, 4) is 11.5 Å². The molecule has 1 amide bonds. The van der Waals surface area contributed by atoms with Crippen molar-refractivity contribution in [3.05, 3.63) is 80.2 Å². The van der Waals surface area contributed by atoms with Gasteiger partial charge in [-0.05, 0) is 35.4 Å². The number of carbonyl (C=O) groups is 1. The fourth-order valence-electron chi connectivity index (χ4n) is 3.72. The number of rotatable bonds is 7. The van der Waals surface area contributed by atoms with E-state index in [1.165, 1.54) is 19.2 Å². The summed E-state index contributed by atoms with van der Waals surface area (Å²) in [5, 5.41) is 5.55. The van der Waals surface area contributed by atoms with E-state index in [-0.39, 0.29) is 10.9 Å². The molecule has 1 aromatic heterocycles. The highest BCUT2D eigenvalue weighted by atomic mass is 79.9. The van der Waals surface area contributed by atoms with Crippen LogP contribution in [0.1, 0.15) is 29.3 Å². The van der Waals surface area contributed by atoms with Crippen molar-refractivity contribution < 1.29 is 27.4 Å². The topological polar surface area (TPSA) is 96.9 Å². The molecule has 3 aromatic rings. The van der Waals surface area contributed by atoms with Gasteiger partial charge in [0.05, 0.1) is 31.7 Å². The number of amides is 1. The molecule has 0 bridgehead atoms. The van der Waals surface area contributed by atoms with Gasteiger partial charge in [-0.1, -0.05) is 45.9 Å². The van der Waals surface area contributed by atoms with E-state index in [4.69, 9.17) is 9.47 Å². The number of aromatic nitrogens is 2. The highest BCUT2D eigenvalue weighted by Crippen LogP contribution is 2.38. The Bertz CT molecular complexity index is 1400. The van der Waals surface area contributed by atoms with Crippen LogP contribution in [-0.2, 0) is 11.0 Å².